The van der Waals surface area contributed by atoms with Crippen molar-refractivity contribution in [2.45, 2.75) is 174 Å². The van der Waals surface area contributed by atoms with E-state index in [0.717, 1.165) is 18.8 Å². The van der Waals surface area contributed by atoms with Gasteiger partial charge in [0.1, 0.15) is 0 Å². The minimum absolute atomic E-state index is 0.882. The molecule has 0 aliphatic heterocycles. The van der Waals surface area contributed by atoms with E-state index in [1.165, 1.54) is 154 Å². The van der Waals surface area contributed by atoms with Crippen molar-refractivity contribution in [3.8, 4) is 0 Å². The Bertz CT molecular complexity index is 335. The first-order chi connectivity index (χ1) is 15.3. The standard InChI is InChI=1S/C30H60O/c1-4-6-8-10-12-14-15-16-17-18-19-20-21-22-24-26-28-30(3)31-29-27-25-23-13-11-9-7-5-2/h3-29H2,1-2H3. The summed E-state index contributed by atoms with van der Waals surface area (Å²) in [5.74, 6) is 1.02. The third-order valence-corrected chi connectivity index (χ3v) is 6.61. The van der Waals surface area contributed by atoms with Crippen molar-refractivity contribution in [1.82, 2.24) is 0 Å². The second-order valence-corrected chi connectivity index (χ2v) is 9.92. The molecule has 0 aliphatic rings. The molecule has 0 aromatic rings. The van der Waals surface area contributed by atoms with E-state index in [4.69, 9.17) is 4.74 Å². The summed E-state index contributed by atoms with van der Waals surface area (Å²) in [5, 5.41) is 0. The molecule has 1 heteroatoms. The monoisotopic (exact) mass is 436 g/mol. The predicted molar refractivity (Wildman–Crippen MR) is 142 cm³/mol. The Labute approximate surface area is 198 Å². The number of hydrogen-bond donors (Lipinski definition) is 0. The molecular formula is C30H60O. The van der Waals surface area contributed by atoms with Crippen LogP contribution in [-0.4, -0.2) is 6.61 Å². The van der Waals surface area contributed by atoms with Crippen LogP contribution in [0, 0.1) is 0 Å². The summed E-state index contributed by atoms with van der Waals surface area (Å²) < 4.78 is 5.82. The lowest BCUT2D eigenvalue weighted by Crippen LogP contribution is -1.95. The highest BCUT2D eigenvalue weighted by molar-refractivity contribution is 4.81. The minimum atomic E-state index is 0.882. The molecule has 0 radical (unpaired) electrons. The number of ether oxygens (including phenoxy) is 1. The lowest BCUT2D eigenvalue weighted by atomic mass is 10.0. The minimum Gasteiger partial charge on any atom is -0.499 e. The summed E-state index contributed by atoms with van der Waals surface area (Å²) in [5.41, 5.74) is 0. The third-order valence-electron chi connectivity index (χ3n) is 6.61. The molecule has 0 saturated heterocycles. The van der Waals surface area contributed by atoms with Gasteiger partial charge >= 0.3 is 0 Å². The van der Waals surface area contributed by atoms with Crippen LogP contribution in [0.1, 0.15) is 174 Å². The first-order valence-electron chi connectivity index (χ1n) is 14.6. The zero-order chi connectivity index (χ0) is 22.7. The van der Waals surface area contributed by atoms with Crippen LogP contribution >= 0.6 is 0 Å². The molecule has 186 valence electrons. The zero-order valence-electron chi connectivity index (χ0n) is 22.0. The van der Waals surface area contributed by atoms with E-state index in [9.17, 15) is 0 Å². The zero-order valence-corrected chi connectivity index (χ0v) is 22.0. The van der Waals surface area contributed by atoms with Crippen molar-refractivity contribution in [3.63, 3.8) is 0 Å². The van der Waals surface area contributed by atoms with Gasteiger partial charge in [0.25, 0.3) is 0 Å². The normalized spacial score (nSPS) is 11.2. The fourth-order valence-corrected chi connectivity index (χ4v) is 4.39. The molecule has 0 fully saturated rings. The van der Waals surface area contributed by atoms with Crippen LogP contribution in [0.2, 0.25) is 0 Å². The average molecular weight is 437 g/mol. The number of rotatable bonds is 27. The van der Waals surface area contributed by atoms with E-state index in [2.05, 4.69) is 20.4 Å². The highest BCUT2D eigenvalue weighted by Gasteiger charge is 1.98. The van der Waals surface area contributed by atoms with Crippen LogP contribution in [0.5, 0.6) is 0 Å². The second-order valence-electron chi connectivity index (χ2n) is 9.92. The van der Waals surface area contributed by atoms with Crippen LogP contribution in [0.3, 0.4) is 0 Å². The van der Waals surface area contributed by atoms with Crippen LogP contribution in [0.25, 0.3) is 0 Å². The van der Waals surface area contributed by atoms with Gasteiger partial charge in [-0.25, -0.2) is 0 Å². The maximum atomic E-state index is 5.82. The van der Waals surface area contributed by atoms with Gasteiger partial charge in [-0.1, -0.05) is 162 Å². The summed E-state index contributed by atoms with van der Waals surface area (Å²) in [6.45, 7) is 9.57. The fourth-order valence-electron chi connectivity index (χ4n) is 4.39. The quantitative estimate of drug-likeness (QED) is 0.0918. The Morgan fingerprint density at radius 1 is 0.419 bits per heavy atom. The smallest absolute Gasteiger partial charge is 0.0888 e. The molecule has 0 aliphatic carbocycles. The van der Waals surface area contributed by atoms with Gasteiger partial charge in [0.05, 0.1) is 12.4 Å². The summed E-state index contributed by atoms with van der Waals surface area (Å²) in [4.78, 5) is 0. The number of allylic oxidation sites excluding steroid dienone is 1. The molecule has 0 saturated carbocycles. The van der Waals surface area contributed by atoms with Gasteiger partial charge in [-0.2, -0.15) is 0 Å². The Kier molecular flexibility index (Phi) is 27.2. The largest absolute Gasteiger partial charge is 0.499 e. The molecule has 0 amide bonds. The van der Waals surface area contributed by atoms with E-state index in [-0.39, 0.29) is 0 Å². The fraction of sp³-hybridized carbons (Fsp3) is 0.933. The van der Waals surface area contributed by atoms with E-state index < -0.39 is 0 Å². The highest BCUT2D eigenvalue weighted by Crippen LogP contribution is 2.15. The van der Waals surface area contributed by atoms with Gasteiger partial charge in [0.2, 0.25) is 0 Å². The van der Waals surface area contributed by atoms with Gasteiger partial charge in [-0.15, -0.1) is 0 Å². The molecule has 0 bridgehead atoms. The van der Waals surface area contributed by atoms with Crippen molar-refractivity contribution >= 4 is 0 Å². The molecule has 0 spiro atoms. The van der Waals surface area contributed by atoms with Gasteiger partial charge in [0, 0.05) is 6.42 Å². The van der Waals surface area contributed by atoms with E-state index >= 15 is 0 Å². The third kappa shape index (κ3) is 27.5. The van der Waals surface area contributed by atoms with Crippen LogP contribution < -0.4 is 0 Å². The first kappa shape index (κ1) is 30.5. The van der Waals surface area contributed by atoms with Crippen molar-refractivity contribution in [2.24, 2.45) is 0 Å². The Hall–Kier alpha value is -0.460. The molecule has 0 rings (SSSR count). The average Bonchev–Trinajstić information content (AvgIpc) is 2.77. The van der Waals surface area contributed by atoms with Gasteiger partial charge < -0.3 is 4.74 Å². The van der Waals surface area contributed by atoms with Crippen molar-refractivity contribution < 1.29 is 4.74 Å². The SMILES string of the molecule is C=C(CCCCCCCCCCCCCCCCCC)OCCCCCCCCCC. The van der Waals surface area contributed by atoms with Crippen molar-refractivity contribution in [3.05, 3.63) is 12.3 Å². The maximum Gasteiger partial charge on any atom is 0.0888 e. The molecule has 31 heavy (non-hydrogen) atoms. The number of hydrogen-bond acceptors (Lipinski definition) is 1. The van der Waals surface area contributed by atoms with E-state index in [1.807, 2.05) is 0 Å². The van der Waals surface area contributed by atoms with Crippen LogP contribution in [-0.2, 0) is 4.74 Å². The Morgan fingerprint density at radius 3 is 1.06 bits per heavy atom. The van der Waals surface area contributed by atoms with Gasteiger partial charge in [0.15, 0.2) is 0 Å². The molecular weight excluding hydrogens is 376 g/mol. The molecule has 0 N–H and O–H groups in total. The summed E-state index contributed by atoms with van der Waals surface area (Å²) in [7, 11) is 0. The topological polar surface area (TPSA) is 9.23 Å². The van der Waals surface area contributed by atoms with E-state index in [0.29, 0.717) is 0 Å². The lowest BCUT2D eigenvalue weighted by Gasteiger charge is -2.09. The summed E-state index contributed by atoms with van der Waals surface area (Å²) in [6, 6.07) is 0. The van der Waals surface area contributed by atoms with Crippen molar-refractivity contribution in [2.75, 3.05) is 6.61 Å². The van der Waals surface area contributed by atoms with Gasteiger partial charge in [-0.05, 0) is 12.8 Å². The predicted octanol–water partition coefficient (Wildman–Crippen LogP) is 11.3. The Morgan fingerprint density at radius 2 is 0.710 bits per heavy atom. The van der Waals surface area contributed by atoms with Crippen LogP contribution in [0.4, 0.5) is 0 Å². The Balaban J connectivity index is 3.12. The highest BCUT2D eigenvalue weighted by atomic mass is 16.5. The molecule has 0 heterocycles. The lowest BCUT2D eigenvalue weighted by molar-refractivity contribution is 0.195. The van der Waals surface area contributed by atoms with Crippen LogP contribution in [0.15, 0.2) is 12.3 Å². The maximum absolute atomic E-state index is 5.82. The van der Waals surface area contributed by atoms with E-state index in [1.54, 1.807) is 0 Å². The molecule has 0 unspecified atom stereocenters. The molecule has 1 nitrogen and oxygen atoms in total. The number of unbranched alkanes of at least 4 members (excludes halogenated alkanes) is 22. The summed E-state index contributed by atoms with van der Waals surface area (Å²) >= 11 is 0. The molecule has 0 aromatic heterocycles. The van der Waals surface area contributed by atoms with Gasteiger partial charge in [-0.3, -0.25) is 0 Å². The first-order valence-corrected chi connectivity index (χ1v) is 14.6. The second kappa shape index (κ2) is 27.6. The summed E-state index contributed by atoms with van der Waals surface area (Å²) in [6.07, 6.45) is 34.8. The molecule has 0 aromatic carbocycles. The van der Waals surface area contributed by atoms with Crippen molar-refractivity contribution in [1.29, 1.82) is 0 Å². The molecule has 0 atom stereocenters.